The van der Waals surface area contributed by atoms with Crippen molar-refractivity contribution < 1.29 is 8.85 Å². The van der Waals surface area contributed by atoms with Crippen molar-refractivity contribution in [2.75, 3.05) is 13.7 Å². The van der Waals surface area contributed by atoms with Crippen molar-refractivity contribution in [1.29, 1.82) is 0 Å². The van der Waals surface area contributed by atoms with Crippen LogP contribution in [0, 0.1) is 0 Å². The van der Waals surface area contributed by atoms with Gasteiger partial charge in [0, 0.05) is 19.8 Å². The van der Waals surface area contributed by atoms with Gasteiger partial charge in [-0.2, -0.15) is 0 Å². The molecule has 1 aromatic rings. The van der Waals surface area contributed by atoms with Crippen LogP contribution in [0.3, 0.4) is 0 Å². The monoisotopic (exact) mass is 252 g/mol. The van der Waals surface area contributed by atoms with Gasteiger partial charge in [-0.15, -0.1) is 0 Å². The van der Waals surface area contributed by atoms with E-state index in [1.165, 1.54) is 5.56 Å². The summed E-state index contributed by atoms with van der Waals surface area (Å²) in [6, 6.07) is 12.5. The van der Waals surface area contributed by atoms with Gasteiger partial charge in [-0.25, -0.2) is 0 Å². The molecular formula is C14H24O2Si. The van der Waals surface area contributed by atoms with Gasteiger partial charge in [0.1, 0.15) is 0 Å². The van der Waals surface area contributed by atoms with Gasteiger partial charge in [-0.1, -0.05) is 50.6 Å². The molecule has 0 bridgehead atoms. The first kappa shape index (κ1) is 14.4. The van der Waals surface area contributed by atoms with E-state index in [0.29, 0.717) is 0 Å². The van der Waals surface area contributed by atoms with Crippen LogP contribution in [-0.2, 0) is 14.9 Å². The van der Waals surface area contributed by atoms with Crippen LogP contribution in [0.4, 0.5) is 0 Å². The van der Waals surface area contributed by atoms with Crippen molar-refractivity contribution in [3.63, 3.8) is 0 Å². The first-order valence-electron chi connectivity index (χ1n) is 6.49. The number of hydrogen-bond acceptors (Lipinski definition) is 2. The molecule has 0 aliphatic rings. The van der Waals surface area contributed by atoms with Crippen LogP contribution in [0.15, 0.2) is 30.3 Å². The maximum atomic E-state index is 6.09. The SMILES string of the molecule is CCCO[Si](CCC)(Cc1ccccc1)OC. The van der Waals surface area contributed by atoms with Crippen LogP contribution in [-0.4, -0.2) is 22.3 Å². The van der Waals surface area contributed by atoms with E-state index in [1.54, 1.807) is 7.11 Å². The van der Waals surface area contributed by atoms with Gasteiger partial charge in [-0.05, 0) is 18.0 Å². The van der Waals surface area contributed by atoms with E-state index < -0.39 is 8.56 Å². The van der Waals surface area contributed by atoms with Crippen molar-refractivity contribution in [3.05, 3.63) is 35.9 Å². The summed E-state index contributed by atoms with van der Waals surface area (Å²) in [5.74, 6) is 0. The van der Waals surface area contributed by atoms with Crippen LogP contribution in [0.2, 0.25) is 6.04 Å². The smallest absolute Gasteiger partial charge is 0.342 e. The van der Waals surface area contributed by atoms with Gasteiger partial charge in [0.15, 0.2) is 0 Å². The highest BCUT2D eigenvalue weighted by molar-refractivity contribution is 6.66. The Balaban J connectivity index is 2.74. The molecular weight excluding hydrogens is 228 g/mol. The Morgan fingerprint density at radius 3 is 2.29 bits per heavy atom. The van der Waals surface area contributed by atoms with Gasteiger partial charge in [0.2, 0.25) is 0 Å². The minimum atomic E-state index is -2.03. The van der Waals surface area contributed by atoms with Crippen molar-refractivity contribution in [2.45, 2.75) is 38.8 Å². The topological polar surface area (TPSA) is 18.5 Å². The molecule has 17 heavy (non-hydrogen) atoms. The molecule has 1 aromatic carbocycles. The Labute approximate surface area is 106 Å². The fraction of sp³-hybridized carbons (Fsp3) is 0.571. The second-order valence-electron chi connectivity index (χ2n) is 4.38. The Kier molecular flexibility index (Phi) is 6.48. The molecule has 0 saturated carbocycles. The fourth-order valence-corrected chi connectivity index (χ4v) is 5.11. The Bertz CT molecular complexity index is 302. The van der Waals surface area contributed by atoms with Gasteiger partial charge >= 0.3 is 8.56 Å². The highest BCUT2D eigenvalue weighted by Gasteiger charge is 2.35. The van der Waals surface area contributed by atoms with Crippen LogP contribution in [0.5, 0.6) is 0 Å². The lowest BCUT2D eigenvalue weighted by molar-refractivity contribution is 0.197. The third-order valence-electron chi connectivity index (χ3n) is 2.89. The second kappa shape index (κ2) is 7.64. The quantitative estimate of drug-likeness (QED) is 0.657. The van der Waals surface area contributed by atoms with Crippen molar-refractivity contribution in [3.8, 4) is 0 Å². The van der Waals surface area contributed by atoms with E-state index in [0.717, 1.165) is 31.5 Å². The maximum Gasteiger partial charge on any atom is 0.342 e. The molecule has 0 aromatic heterocycles. The van der Waals surface area contributed by atoms with E-state index in [-0.39, 0.29) is 0 Å². The average Bonchev–Trinajstić information content (AvgIpc) is 2.37. The van der Waals surface area contributed by atoms with Gasteiger partial charge in [0.25, 0.3) is 0 Å². The lowest BCUT2D eigenvalue weighted by Gasteiger charge is -2.29. The van der Waals surface area contributed by atoms with Crippen molar-refractivity contribution in [2.24, 2.45) is 0 Å². The first-order chi connectivity index (χ1) is 8.26. The molecule has 3 heteroatoms. The summed E-state index contributed by atoms with van der Waals surface area (Å²) in [6.07, 6.45) is 2.17. The van der Waals surface area contributed by atoms with E-state index in [4.69, 9.17) is 8.85 Å². The molecule has 0 fully saturated rings. The zero-order chi connectivity index (χ0) is 12.6. The average molecular weight is 252 g/mol. The van der Waals surface area contributed by atoms with Crippen LogP contribution in [0.25, 0.3) is 0 Å². The molecule has 0 aliphatic heterocycles. The molecule has 0 amide bonds. The first-order valence-corrected chi connectivity index (χ1v) is 8.72. The predicted octanol–water partition coefficient (Wildman–Crippen LogP) is 3.69. The van der Waals surface area contributed by atoms with Gasteiger partial charge in [-0.3, -0.25) is 0 Å². The normalized spacial score (nSPS) is 14.5. The molecule has 0 aliphatic carbocycles. The molecule has 0 spiro atoms. The van der Waals surface area contributed by atoms with Crippen molar-refractivity contribution in [1.82, 2.24) is 0 Å². The Hall–Kier alpha value is -0.643. The molecule has 96 valence electrons. The molecule has 2 nitrogen and oxygen atoms in total. The fourth-order valence-electron chi connectivity index (χ4n) is 2.02. The summed E-state index contributed by atoms with van der Waals surface area (Å²) in [6.45, 7) is 5.15. The highest BCUT2D eigenvalue weighted by Crippen LogP contribution is 2.21. The summed E-state index contributed by atoms with van der Waals surface area (Å²) in [4.78, 5) is 0. The molecule has 0 radical (unpaired) electrons. The van der Waals surface area contributed by atoms with E-state index in [1.807, 2.05) is 6.07 Å². The number of benzene rings is 1. The largest absolute Gasteiger partial charge is 0.397 e. The molecule has 0 saturated heterocycles. The lowest BCUT2D eigenvalue weighted by Crippen LogP contribution is -2.44. The van der Waals surface area contributed by atoms with Crippen LogP contribution < -0.4 is 0 Å². The van der Waals surface area contributed by atoms with Gasteiger partial charge < -0.3 is 8.85 Å². The van der Waals surface area contributed by atoms with Crippen molar-refractivity contribution >= 4 is 8.56 Å². The third-order valence-corrected chi connectivity index (χ3v) is 6.57. The van der Waals surface area contributed by atoms with E-state index in [2.05, 4.69) is 38.1 Å². The standard InChI is InChI=1S/C14H24O2Si/c1-4-11-16-17(15-3,12-5-2)13-14-9-7-6-8-10-14/h6-10H,4-5,11-13H2,1-3H3. The zero-order valence-corrected chi connectivity index (χ0v) is 12.2. The maximum absolute atomic E-state index is 6.09. The van der Waals surface area contributed by atoms with Crippen LogP contribution in [0.1, 0.15) is 32.3 Å². The van der Waals surface area contributed by atoms with Gasteiger partial charge in [0.05, 0.1) is 0 Å². The highest BCUT2D eigenvalue weighted by atomic mass is 28.4. The Morgan fingerprint density at radius 2 is 1.76 bits per heavy atom. The van der Waals surface area contributed by atoms with E-state index >= 15 is 0 Å². The summed E-state index contributed by atoms with van der Waals surface area (Å²) in [7, 11) is -0.225. The Morgan fingerprint density at radius 1 is 1.06 bits per heavy atom. The molecule has 1 atom stereocenters. The minimum Gasteiger partial charge on any atom is -0.397 e. The second-order valence-corrected chi connectivity index (χ2v) is 7.75. The van der Waals surface area contributed by atoms with Crippen LogP contribution >= 0.6 is 0 Å². The van der Waals surface area contributed by atoms with E-state index in [9.17, 15) is 0 Å². The third kappa shape index (κ3) is 4.62. The predicted molar refractivity (Wildman–Crippen MR) is 74.3 cm³/mol. The summed E-state index contributed by atoms with van der Waals surface area (Å²) in [5.41, 5.74) is 1.32. The summed E-state index contributed by atoms with van der Waals surface area (Å²) in [5, 5.41) is 0. The minimum absolute atomic E-state index is 0.812. The summed E-state index contributed by atoms with van der Waals surface area (Å²) < 4.78 is 11.9. The summed E-state index contributed by atoms with van der Waals surface area (Å²) >= 11 is 0. The molecule has 0 N–H and O–H groups in total. The molecule has 1 unspecified atom stereocenters. The number of rotatable bonds is 8. The molecule has 0 heterocycles. The lowest BCUT2D eigenvalue weighted by atomic mass is 10.2. The zero-order valence-electron chi connectivity index (χ0n) is 11.2. The molecule has 1 rings (SSSR count). The number of hydrogen-bond donors (Lipinski definition) is 0.